The van der Waals surface area contributed by atoms with Crippen molar-refractivity contribution in [3.8, 4) is 16.9 Å². The van der Waals surface area contributed by atoms with Crippen LogP contribution in [-0.2, 0) is 17.8 Å². The number of imidazole rings is 1. The Bertz CT molecular complexity index is 1970. The standard InChI is InChI=1S/C30H24Cl2N8O2/c1-18-35-23-9-7-20(11-25(23)36-18)15-33-30(42)27(12-19-5-3-2-4-6-19)39-17-34-24(14-29(39)41)22-13-21(31)8-10-26(22)40-16-28(32)37-38-40/h2-11,13-14,16-17,27H,12,15H2,1H3,(H,33,42)(H,35,36). The normalized spacial score (nSPS) is 12.0. The lowest BCUT2D eigenvalue weighted by molar-refractivity contribution is -0.124. The summed E-state index contributed by atoms with van der Waals surface area (Å²) in [5.41, 5.74) is 4.67. The summed E-state index contributed by atoms with van der Waals surface area (Å²) >= 11 is 12.3. The van der Waals surface area contributed by atoms with Gasteiger partial charge in [0.15, 0.2) is 5.15 Å². The molecule has 0 bridgehead atoms. The van der Waals surface area contributed by atoms with Crippen molar-refractivity contribution in [2.45, 2.75) is 25.9 Å². The minimum absolute atomic E-state index is 0.216. The molecule has 210 valence electrons. The number of nitrogens with zero attached hydrogens (tertiary/aromatic N) is 6. The summed E-state index contributed by atoms with van der Waals surface area (Å²) in [6.07, 6.45) is 3.23. The van der Waals surface area contributed by atoms with Crippen LogP contribution in [0.1, 0.15) is 23.0 Å². The summed E-state index contributed by atoms with van der Waals surface area (Å²) in [4.78, 5) is 39.4. The average molecular weight is 599 g/mol. The molecule has 0 aliphatic rings. The molecule has 42 heavy (non-hydrogen) atoms. The SMILES string of the molecule is Cc1nc2ccc(CNC(=O)C(Cc3ccccc3)n3cnc(-c4cc(Cl)ccc4-n4cc(Cl)nn4)cc3=O)cc2[nH]1. The highest BCUT2D eigenvalue weighted by molar-refractivity contribution is 6.31. The lowest BCUT2D eigenvalue weighted by atomic mass is 10.0. The van der Waals surface area contributed by atoms with Gasteiger partial charge in [0, 0.05) is 29.6 Å². The first-order valence-corrected chi connectivity index (χ1v) is 13.8. The Kier molecular flexibility index (Phi) is 7.56. The maximum atomic E-state index is 13.6. The van der Waals surface area contributed by atoms with Gasteiger partial charge < -0.3 is 10.3 Å². The number of nitrogens with one attached hydrogen (secondary N) is 2. The van der Waals surface area contributed by atoms with Crippen molar-refractivity contribution in [3.63, 3.8) is 0 Å². The fourth-order valence-corrected chi connectivity index (χ4v) is 5.12. The molecule has 0 saturated heterocycles. The van der Waals surface area contributed by atoms with Crippen molar-refractivity contribution >= 4 is 40.1 Å². The van der Waals surface area contributed by atoms with E-state index in [0.717, 1.165) is 28.0 Å². The number of H-pyrrole nitrogens is 1. The highest BCUT2D eigenvalue weighted by atomic mass is 35.5. The largest absolute Gasteiger partial charge is 0.350 e. The van der Waals surface area contributed by atoms with Gasteiger partial charge in [-0.05, 0) is 48.4 Å². The van der Waals surface area contributed by atoms with Crippen molar-refractivity contribution < 1.29 is 4.79 Å². The van der Waals surface area contributed by atoms with Gasteiger partial charge in [-0.3, -0.25) is 14.2 Å². The summed E-state index contributed by atoms with van der Waals surface area (Å²) in [5, 5.41) is 11.5. The zero-order valence-corrected chi connectivity index (χ0v) is 23.8. The Labute approximate surface area is 250 Å². The number of aromatic amines is 1. The summed E-state index contributed by atoms with van der Waals surface area (Å²) in [6.45, 7) is 2.18. The number of aryl methyl sites for hydroxylation is 1. The van der Waals surface area contributed by atoms with E-state index in [0.29, 0.717) is 28.4 Å². The van der Waals surface area contributed by atoms with Crippen molar-refractivity contribution in [1.82, 2.24) is 39.8 Å². The van der Waals surface area contributed by atoms with Crippen LogP contribution in [0.25, 0.3) is 28.0 Å². The molecule has 0 aliphatic heterocycles. The van der Waals surface area contributed by atoms with Crippen LogP contribution in [0.5, 0.6) is 0 Å². The van der Waals surface area contributed by atoms with Crippen LogP contribution in [0, 0.1) is 6.92 Å². The van der Waals surface area contributed by atoms with Crippen molar-refractivity contribution in [2.75, 3.05) is 0 Å². The molecule has 3 aromatic heterocycles. The van der Waals surface area contributed by atoms with Crippen LogP contribution in [-0.4, -0.2) is 40.4 Å². The maximum Gasteiger partial charge on any atom is 0.254 e. The second-order valence-corrected chi connectivity index (χ2v) is 10.6. The third-order valence-electron chi connectivity index (χ3n) is 6.82. The number of hydrogen-bond acceptors (Lipinski definition) is 6. The zero-order chi connectivity index (χ0) is 29.2. The van der Waals surface area contributed by atoms with E-state index in [4.69, 9.17) is 23.2 Å². The molecule has 1 atom stereocenters. The smallest absolute Gasteiger partial charge is 0.254 e. The third kappa shape index (κ3) is 5.81. The number of amides is 1. The zero-order valence-electron chi connectivity index (χ0n) is 22.3. The number of aromatic nitrogens is 7. The summed E-state index contributed by atoms with van der Waals surface area (Å²) in [6, 6.07) is 21.0. The molecule has 3 aromatic carbocycles. The van der Waals surface area contributed by atoms with Gasteiger partial charge in [-0.15, -0.1) is 5.10 Å². The van der Waals surface area contributed by atoms with Gasteiger partial charge in [-0.2, -0.15) is 0 Å². The van der Waals surface area contributed by atoms with E-state index in [1.165, 1.54) is 21.6 Å². The topological polar surface area (TPSA) is 123 Å². The van der Waals surface area contributed by atoms with Crippen LogP contribution >= 0.6 is 23.2 Å². The van der Waals surface area contributed by atoms with Gasteiger partial charge in [-0.25, -0.2) is 14.6 Å². The Morgan fingerprint density at radius 3 is 2.62 bits per heavy atom. The lowest BCUT2D eigenvalue weighted by Crippen LogP contribution is -2.38. The number of rotatable bonds is 8. The Morgan fingerprint density at radius 1 is 1.02 bits per heavy atom. The molecule has 6 aromatic rings. The number of halogens is 2. The molecule has 1 amide bonds. The van der Waals surface area contributed by atoms with E-state index in [2.05, 4.69) is 30.6 Å². The fraction of sp³-hybridized carbons (Fsp3) is 0.133. The molecule has 1 unspecified atom stereocenters. The van der Waals surface area contributed by atoms with Gasteiger partial charge in [0.05, 0.1) is 34.9 Å². The summed E-state index contributed by atoms with van der Waals surface area (Å²) in [7, 11) is 0. The number of fused-ring (bicyclic) bond motifs is 1. The highest BCUT2D eigenvalue weighted by Crippen LogP contribution is 2.28. The van der Waals surface area contributed by atoms with E-state index in [1.54, 1.807) is 24.4 Å². The van der Waals surface area contributed by atoms with Crippen molar-refractivity contribution in [3.05, 3.63) is 123 Å². The first-order chi connectivity index (χ1) is 20.3. The molecule has 3 heterocycles. The van der Waals surface area contributed by atoms with Gasteiger partial charge >= 0.3 is 0 Å². The molecule has 0 aliphatic carbocycles. The predicted octanol–water partition coefficient (Wildman–Crippen LogP) is 5.08. The number of carbonyl (C=O) groups is 1. The third-order valence-corrected chi connectivity index (χ3v) is 7.23. The molecule has 0 radical (unpaired) electrons. The first-order valence-electron chi connectivity index (χ1n) is 13.1. The van der Waals surface area contributed by atoms with E-state index in [-0.39, 0.29) is 17.6 Å². The highest BCUT2D eigenvalue weighted by Gasteiger charge is 2.23. The molecule has 0 saturated carbocycles. The molecule has 12 heteroatoms. The predicted molar refractivity (Wildman–Crippen MR) is 161 cm³/mol. The monoisotopic (exact) mass is 598 g/mol. The Balaban J connectivity index is 1.31. The average Bonchev–Trinajstić information content (AvgIpc) is 3.59. The Hall–Kier alpha value is -4.80. The van der Waals surface area contributed by atoms with E-state index in [1.807, 2.05) is 55.5 Å². The van der Waals surface area contributed by atoms with E-state index < -0.39 is 11.6 Å². The minimum atomic E-state index is -0.840. The molecule has 10 nitrogen and oxygen atoms in total. The minimum Gasteiger partial charge on any atom is -0.350 e. The molecule has 0 fully saturated rings. The summed E-state index contributed by atoms with van der Waals surface area (Å²) < 4.78 is 2.83. The fourth-order valence-electron chi connectivity index (χ4n) is 4.82. The molecular formula is C30H24Cl2N8O2. The van der Waals surface area contributed by atoms with Gasteiger partial charge in [0.2, 0.25) is 5.91 Å². The van der Waals surface area contributed by atoms with Gasteiger partial charge in [0.1, 0.15) is 11.9 Å². The Morgan fingerprint density at radius 2 is 1.86 bits per heavy atom. The first kappa shape index (κ1) is 27.4. The van der Waals surface area contributed by atoms with E-state index >= 15 is 0 Å². The van der Waals surface area contributed by atoms with Crippen molar-refractivity contribution in [1.29, 1.82) is 0 Å². The van der Waals surface area contributed by atoms with Crippen molar-refractivity contribution in [2.24, 2.45) is 0 Å². The van der Waals surface area contributed by atoms with Crippen LogP contribution in [0.3, 0.4) is 0 Å². The van der Waals surface area contributed by atoms with Crippen LogP contribution in [0.2, 0.25) is 10.2 Å². The van der Waals surface area contributed by atoms with Gasteiger partial charge in [-0.1, -0.05) is 64.8 Å². The van der Waals surface area contributed by atoms with Crippen LogP contribution < -0.4 is 10.9 Å². The summed E-state index contributed by atoms with van der Waals surface area (Å²) in [5.74, 6) is 0.511. The second-order valence-electron chi connectivity index (χ2n) is 9.76. The quantitative estimate of drug-likeness (QED) is 0.252. The number of benzene rings is 3. The van der Waals surface area contributed by atoms with Gasteiger partial charge in [0.25, 0.3) is 5.56 Å². The molecule has 2 N–H and O–H groups in total. The number of hydrogen-bond donors (Lipinski definition) is 2. The molecule has 6 rings (SSSR count). The second kappa shape index (κ2) is 11.6. The molecular weight excluding hydrogens is 575 g/mol. The molecule has 0 spiro atoms. The van der Waals surface area contributed by atoms with E-state index in [9.17, 15) is 9.59 Å². The lowest BCUT2D eigenvalue weighted by Gasteiger charge is -2.20. The maximum absolute atomic E-state index is 13.6. The number of carbonyl (C=O) groups excluding carboxylic acids is 1. The van der Waals surface area contributed by atoms with Crippen LogP contribution in [0.15, 0.2) is 90.1 Å². The van der Waals surface area contributed by atoms with Crippen LogP contribution in [0.4, 0.5) is 0 Å².